The van der Waals surface area contributed by atoms with Crippen LogP contribution >= 0.6 is 11.8 Å². The fourth-order valence-corrected chi connectivity index (χ4v) is 5.55. The molecule has 3 heteroatoms. The second-order valence-corrected chi connectivity index (χ2v) is 8.70. The minimum atomic E-state index is 0.466. The van der Waals surface area contributed by atoms with E-state index in [1.54, 1.807) is 0 Å². The highest BCUT2D eigenvalue weighted by molar-refractivity contribution is 8.00. The molecule has 20 heavy (non-hydrogen) atoms. The molecular weight excluding hydrogens is 264 g/mol. The van der Waals surface area contributed by atoms with Gasteiger partial charge in [0.05, 0.1) is 0 Å². The number of nitrogens with zero attached hydrogens (tertiary/aromatic N) is 1. The Bertz CT molecular complexity index is 315. The van der Waals surface area contributed by atoms with Crippen LogP contribution in [0.3, 0.4) is 0 Å². The van der Waals surface area contributed by atoms with Crippen LogP contribution in [0.25, 0.3) is 0 Å². The summed E-state index contributed by atoms with van der Waals surface area (Å²) in [6.07, 6.45) is 15.1. The van der Waals surface area contributed by atoms with Gasteiger partial charge in [0, 0.05) is 36.0 Å². The first kappa shape index (κ1) is 15.2. The van der Waals surface area contributed by atoms with E-state index in [-0.39, 0.29) is 0 Å². The van der Waals surface area contributed by atoms with Crippen LogP contribution in [0.4, 0.5) is 0 Å². The Morgan fingerprint density at radius 1 is 1.10 bits per heavy atom. The molecule has 1 heterocycles. The monoisotopic (exact) mass is 296 g/mol. The summed E-state index contributed by atoms with van der Waals surface area (Å²) in [5, 5.41) is 3.96. The van der Waals surface area contributed by atoms with Crippen LogP contribution in [-0.4, -0.2) is 47.1 Å². The number of hydrogen-bond acceptors (Lipinski definition) is 3. The zero-order chi connectivity index (χ0) is 14.1. The summed E-state index contributed by atoms with van der Waals surface area (Å²) < 4.78 is 0.598. The van der Waals surface area contributed by atoms with E-state index >= 15 is 0 Å². The number of thioether (sulfide) groups is 1. The third-order valence-corrected chi connectivity index (χ3v) is 7.61. The molecule has 0 aromatic heterocycles. The summed E-state index contributed by atoms with van der Waals surface area (Å²) in [5.41, 5.74) is 0.466. The molecule has 0 amide bonds. The van der Waals surface area contributed by atoms with Crippen molar-refractivity contribution in [2.24, 2.45) is 0 Å². The molecule has 116 valence electrons. The van der Waals surface area contributed by atoms with Crippen molar-refractivity contribution in [3.63, 3.8) is 0 Å². The zero-order valence-corrected chi connectivity index (χ0v) is 14.2. The van der Waals surface area contributed by atoms with Crippen LogP contribution in [-0.2, 0) is 0 Å². The molecule has 3 aliphatic rings. The Hall–Kier alpha value is 0.270. The fourth-order valence-electron chi connectivity index (χ4n) is 4.56. The molecule has 1 saturated heterocycles. The molecule has 2 aliphatic carbocycles. The van der Waals surface area contributed by atoms with Crippen LogP contribution in [0.1, 0.15) is 64.7 Å². The lowest BCUT2D eigenvalue weighted by atomic mass is 9.78. The third-order valence-electron chi connectivity index (χ3n) is 6.21. The standard InChI is InChI=1S/C17H32N2S/c1-3-15-12-18-16(8-5-4-6-9-16)13-19(15)14-17(20-2)10-7-11-17/h15,18H,3-14H2,1-2H3. The molecule has 0 aromatic carbocycles. The van der Waals surface area contributed by atoms with Crippen LogP contribution in [0.5, 0.6) is 0 Å². The maximum Gasteiger partial charge on any atom is 0.0309 e. The van der Waals surface area contributed by atoms with E-state index in [4.69, 9.17) is 0 Å². The topological polar surface area (TPSA) is 15.3 Å². The van der Waals surface area contributed by atoms with Gasteiger partial charge in [-0.2, -0.15) is 11.8 Å². The minimum absolute atomic E-state index is 0.466. The van der Waals surface area contributed by atoms with Gasteiger partial charge in [-0.1, -0.05) is 32.6 Å². The summed E-state index contributed by atoms with van der Waals surface area (Å²) in [6, 6.07) is 0.771. The molecule has 0 bridgehead atoms. The predicted octanol–water partition coefficient (Wildman–Crippen LogP) is 3.66. The maximum atomic E-state index is 3.96. The first-order valence-electron chi connectivity index (χ1n) is 8.75. The summed E-state index contributed by atoms with van der Waals surface area (Å²) in [6.45, 7) is 6.25. The lowest BCUT2D eigenvalue weighted by molar-refractivity contribution is 0.0391. The van der Waals surface area contributed by atoms with Gasteiger partial charge in [0.25, 0.3) is 0 Å². The second kappa shape index (κ2) is 6.18. The average molecular weight is 297 g/mol. The van der Waals surface area contributed by atoms with Gasteiger partial charge in [0.15, 0.2) is 0 Å². The van der Waals surface area contributed by atoms with Crippen molar-refractivity contribution in [3.05, 3.63) is 0 Å². The second-order valence-electron chi connectivity index (χ2n) is 7.43. The number of piperazine rings is 1. The quantitative estimate of drug-likeness (QED) is 0.852. The van der Waals surface area contributed by atoms with Crippen molar-refractivity contribution in [2.45, 2.75) is 81.0 Å². The average Bonchev–Trinajstić information content (AvgIpc) is 2.44. The first-order chi connectivity index (χ1) is 9.71. The van der Waals surface area contributed by atoms with Gasteiger partial charge in [0.1, 0.15) is 0 Å². The Balaban J connectivity index is 1.68. The summed E-state index contributed by atoms with van der Waals surface area (Å²) in [4.78, 5) is 2.87. The Kier molecular flexibility index (Phi) is 4.69. The molecule has 1 unspecified atom stereocenters. The van der Waals surface area contributed by atoms with Crippen molar-refractivity contribution >= 4 is 11.8 Å². The van der Waals surface area contributed by atoms with E-state index in [9.17, 15) is 0 Å². The molecule has 3 rings (SSSR count). The molecule has 3 fully saturated rings. The molecule has 1 spiro atoms. The van der Waals surface area contributed by atoms with Gasteiger partial charge in [-0.3, -0.25) is 4.90 Å². The molecule has 1 aliphatic heterocycles. The molecular formula is C17H32N2S. The van der Waals surface area contributed by atoms with Gasteiger partial charge in [0.2, 0.25) is 0 Å². The molecule has 0 radical (unpaired) electrons. The third kappa shape index (κ3) is 2.91. The smallest absolute Gasteiger partial charge is 0.0309 e. The van der Waals surface area contributed by atoms with E-state index in [0.29, 0.717) is 10.3 Å². The van der Waals surface area contributed by atoms with E-state index < -0.39 is 0 Å². The highest BCUT2D eigenvalue weighted by Gasteiger charge is 2.44. The maximum absolute atomic E-state index is 3.96. The molecule has 0 aromatic rings. The molecule has 2 saturated carbocycles. The Morgan fingerprint density at radius 3 is 2.40 bits per heavy atom. The van der Waals surface area contributed by atoms with Crippen LogP contribution in [0, 0.1) is 0 Å². The predicted molar refractivity (Wildman–Crippen MR) is 89.6 cm³/mol. The zero-order valence-electron chi connectivity index (χ0n) is 13.4. The lowest BCUT2D eigenvalue weighted by Crippen LogP contribution is -2.66. The minimum Gasteiger partial charge on any atom is -0.308 e. The van der Waals surface area contributed by atoms with Gasteiger partial charge in [-0.15, -0.1) is 0 Å². The normalized spacial score (nSPS) is 33.0. The van der Waals surface area contributed by atoms with Crippen LogP contribution in [0.15, 0.2) is 0 Å². The van der Waals surface area contributed by atoms with Crippen molar-refractivity contribution in [1.29, 1.82) is 0 Å². The van der Waals surface area contributed by atoms with Crippen LogP contribution < -0.4 is 5.32 Å². The molecule has 1 N–H and O–H groups in total. The van der Waals surface area contributed by atoms with Gasteiger partial charge < -0.3 is 5.32 Å². The Labute approximate surface area is 129 Å². The van der Waals surface area contributed by atoms with E-state index in [1.807, 2.05) is 0 Å². The van der Waals surface area contributed by atoms with Gasteiger partial charge >= 0.3 is 0 Å². The van der Waals surface area contributed by atoms with Crippen molar-refractivity contribution in [2.75, 3.05) is 25.9 Å². The molecule has 2 nitrogen and oxygen atoms in total. The lowest BCUT2D eigenvalue weighted by Gasteiger charge is -2.53. The summed E-state index contributed by atoms with van der Waals surface area (Å²) >= 11 is 2.14. The molecule has 1 atom stereocenters. The largest absolute Gasteiger partial charge is 0.308 e. The SMILES string of the molecule is CCC1CNC2(CCCCC2)CN1CC1(SC)CCC1. The van der Waals surface area contributed by atoms with Gasteiger partial charge in [-0.05, 0) is 38.4 Å². The number of hydrogen-bond donors (Lipinski definition) is 1. The Morgan fingerprint density at radius 2 is 1.85 bits per heavy atom. The summed E-state index contributed by atoms with van der Waals surface area (Å²) in [7, 11) is 0. The summed E-state index contributed by atoms with van der Waals surface area (Å²) in [5.74, 6) is 0. The highest BCUT2D eigenvalue weighted by Crippen LogP contribution is 2.44. The van der Waals surface area contributed by atoms with Crippen LogP contribution in [0.2, 0.25) is 0 Å². The fraction of sp³-hybridized carbons (Fsp3) is 1.00. The van der Waals surface area contributed by atoms with Gasteiger partial charge in [-0.25, -0.2) is 0 Å². The number of rotatable bonds is 4. The first-order valence-corrected chi connectivity index (χ1v) is 9.98. The number of nitrogens with one attached hydrogen (secondary N) is 1. The van der Waals surface area contributed by atoms with Crippen molar-refractivity contribution in [3.8, 4) is 0 Å². The van der Waals surface area contributed by atoms with Crippen molar-refractivity contribution < 1.29 is 0 Å². The highest BCUT2D eigenvalue weighted by atomic mass is 32.2. The van der Waals surface area contributed by atoms with Crippen molar-refractivity contribution in [1.82, 2.24) is 10.2 Å². The van der Waals surface area contributed by atoms with E-state index in [2.05, 4.69) is 35.2 Å². The van der Waals surface area contributed by atoms with E-state index in [1.165, 1.54) is 77.4 Å². The van der Waals surface area contributed by atoms with E-state index in [0.717, 1.165) is 6.04 Å².